The summed E-state index contributed by atoms with van der Waals surface area (Å²) >= 11 is 0. The van der Waals surface area contributed by atoms with E-state index in [0.29, 0.717) is 18.4 Å². The molecule has 0 radical (unpaired) electrons. The number of benzene rings is 1. The molecule has 1 heterocycles. The molecule has 304 valence electrons. The van der Waals surface area contributed by atoms with Crippen molar-refractivity contribution in [3.8, 4) is 0 Å². The second-order valence-electron chi connectivity index (χ2n) is 16.5. The molecule has 17 heteroatoms. The van der Waals surface area contributed by atoms with Crippen LogP contribution in [0.25, 0.3) is 0 Å². The molecular formula is C38H53F3N6O8. The fourth-order valence-corrected chi connectivity index (χ4v) is 7.78. The monoisotopic (exact) mass is 778 g/mol. The van der Waals surface area contributed by atoms with Crippen molar-refractivity contribution in [3.63, 3.8) is 0 Å². The fraction of sp³-hybridized carbons (Fsp3) is 0.658. The second kappa shape index (κ2) is 17.0. The first-order valence-corrected chi connectivity index (χ1v) is 18.6. The molecule has 55 heavy (non-hydrogen) atoms. The summed E-state index contributed by atoms with van der Waals surface area (Å²) in [5, 5.41) is 9.26. The third-order valence-electron chi connectivity index (χ3n) is 10.6. The number of nitrogens with zero attached hydrogens (tertiary/aromatic N) is 2. The summed E-state index contributed by atoms with van der Waals surface area (Å²) in [6, 6.07) is 2.29. The lowest BCUT2D eigenvalue weighted by Gasteiger charge is -2.37. The number of hydrogen-bond donors (Lipinski definition) is 4. The number of amides is 6. The van der Waals surface area contributed by atoms with Crippen molar-refractivity contribution in [3.05, 3.63) is 35.9 Å². The van der Waals surface area contributed by atoms with Gasteiger partial charge in [0.1, 0.15) is 29.8 Å². The van der Waals surface area contributed by atoms with Crippen LogP contribution in [0.15, 0.2) is 30.3 Å². The summed E-state index contributed by atoms with van der Waals surface area (Å²) < 4.78 is 46.9. The summed E-state index contributed by atoms with van der Waals surface area (Å²) in [5.41, 5.74) is -0.897. The van der Waals surface area contributed by atoms with Crippen LogP contribution in [-0.2, 0) is 33.5 Å². The molecular weight excluding hydrogens is 725 g/mol. The van der Waals surface area contributed by atoms with Crippen LogP contribution < -0.4 is 21.3 Å². The maximum atomic E-state index is 14.3. The summed E-state index contributed by atoms with van der Waals surface area (Å²) in [5.74, 6) is -7.18. The molecule has 14 nitrogen and oxygen atoms in total. The fourth-order valence-electron chi connectivity index (χ4n) is 7.78. The van der Waals surface area contributed by atoms with E-state index in [1.165, 1.54) is 23.9 Å². The minimum atomic E-state index is -5.00. The van der Waals surface area contributed by atoms with Gasteiger partial charge < -0.3 is 35.8 Å². The zero-order valence-electron chi connectivity index (χ0n) is 32.4. The molecule has 4 rings (SSSR count). The number of ether oxygens (including phenoxy) is 1. The van der Waals surface area contributed by atoms with E-state index in [2.05, 4.69) is 16.0 Å². The van der Waals surface area contributed by atoms with Gasteiger partial charge in [0.2, 0.25) is 29.4 Å². The van der Waals surface area contributed by atoms with E-state index in [9.17, 15) is 46.7 Å². The van der Waals surface area contributed by atoms with Crippen LogP contribution >= 0.6 is 0 Å². The first-order chi connectivity index (χ1) is 25.5. The van der Waals surface area contributed by atoms with E-state index in [1.807, 2.05) is 19.2 Å². The predicted octanol–water partition coefficient (Wildman–Crippen LogP) is 3.01. The number of carbonyl (C=O) groups excluding carboxylic acids is 7. The summed E-state index contributed by atoms with van der Waals surface area (Å²) in [6.07, 6.45) is -3.87. The highest BCUT2D eigenvalue weighted by molar-refractivity contribution is 6.38. The average Bonchev–Trinajstić information content (AvgIpc) is 3.40. The molecule has 1 aromatic carbocycles. The minimum absolute atomic E-state index is 0.0988. The Morgan fingerprint density at radius 3 is 2.11 bits per heavy atom. The van der Waals surface area contributed by atoms with Crippen molar-refractivity contribution in [2.45, 2.75) is 109 Å². The molecule has 2 aliphatic carbocycles. The molecule has 4 N–H and O–H groups in total. The molecule has 6 amide bonds. The van der Waals surface area contributed by atoms with Gasteiger partial charge in [0, 0.05) is 20.6 Å². The second-order valence-corrected chi connectivity index (χ2v) is 16.5. The number of carbonyl (C=O) groups is 7. The van der Waals surface area contributed by atoms with Crippen LogP contribution in [-0.4, -0.2) is 108 Å². The van der Waals surface area contributed by atoms with Crippen molar-refractivity contribution in [2.24, 2.45) is 23.2 Å². The Kier molecular flexibility index (Phi) is 13.3. The Morgan fingerprint density at radius 2 is 1.55 bits per heavy atom. The third-order valence-corrected chi connectivity index (χ3v) is 10.6. The van der Waals surface area contributed by atoms with Gasteiger partial charge in [-0.05, 0) is 62.3 Å². The Morgan fingerprint density at radius 1 is 0.927 bits per heavy atom. The molecule has 6 atom stereocenters. The van der Waals surface area contributed by atoms with Gasteiger partial charge in [0.15, 0.2) is 0 Å². The largest absolute Gasteiger partial charge is 0.444 e. The molecule has 2 unspecified atom stereocenters. The number of rotatable bonds is 13. The van der Waals surface area contributed by atoms with Gasteiger partial charge in [-0.3, -0.25) is 28.8 Å². The Hall–Kier alpha value is -4.70. The van der Waals surface area contributed by atoms with Crippen LogP contribution in [0, 0.1) is 23.2 Å². The Bertz CT molecular complexity index is 1620. The molecule has 0 aromatic heterocycles. The maximum Gasteiger partial charge on any atom is 0.408 e. The molecule has 3 fully saturated rings. The van der Waals surface area contributed by atoms with Crippen molar-refractivity contribution >= 4 is 41.4 Å². The van der Waals surface area contributed by atoms with E-state index in [4.69, 9.17) is 4.74 Å². The van der Waals surface area contributed by atoms with Gasteiger partial charge in [0.25, 0.3) is 5.91 Å². The number of alkyl carbamates (subject to hydrolysis) is 1. The van der Waals surface area contributed by atoms with Crippen LogP contribution in [0.3, 0.4) is 0 Å². The lowest BCUT2D eigenvalue weighted by molar-refractivity contribution is -0.155. The zero-order valence-corrected chi connectivity index (χ0v) is 32.4. The first-order valence-electron chi connectivity index (χ1n) is 18.6. The normalized spacial score (nSPS) is 22.2. The third kappa shape index (κ3) is 11.0. The number of likely N-dealkylation sites (tertiary alicyclic amines) is 1. The van der Waals surface area contributed by atoms with E-state index in [1.54, 1.807) is 51.1 Å². The van der Waals surface area contributed by atoms with Gasteiger partial charge in [-0.15, -0.1) is 0 Å². The van der Waals surface area contributed by atoms with E-state index in [-0.39, 0.29) is 18.4 Å². The highest BCUT2D eigenvalue weighted by Crippen LogP contribution is 2.65. The van der Waals surface area contributed by atoms with Crippen molar-refractivity contribution in [1.29, 1.82) is 0 Å². The first kappa shape index (κ1) is 43.0. The van der Waals surface area contributed by atoms with Gasteiger partial charge in [0.05, 0.1) is 13.0 Å². The molecule has 1 aliphatic heterocycles. The van der Waals surface area contributed by atoms with E-state index >= 15 is 0 Å². The van der Waals surface area contributed by atoms with Crippen molar-refractivity contribution in [2.75, 3.05) is 27.2 Å². The summed E-state index contributed by atoms with van der Waals surface area (Å²) in [6.45, 7) is 7.98. The smallest absolute Gasteiger partial charge is 0.408 e. The number of halogens is 3. The topological polar surface area (TPSA) is 183 Å². The molecule has 0 spiro atoms. The number of likely N-dealkylation sites (N-methyl/N-ethyl adjacent to an activating group) is 1. The zero-order chi connectivity index (χ0) is 41.0. The highest BCUT2D eigenvalue weighted by atomic mass is 19.4. The number of hydrogen-bond acceptors (Lipinski definition) is 8. The lowest BCUT2D eigenvalue weighted by Crippen LogP contribution is -2.60. The summed E-state index contributed by atoms with van der Waals surface area (Å²) in [7, 11) is 2.95. The van der Waals surface area contributed by atoms with Crippen molar-refractivity contribution in [1.82, 2.24) is 31.1 Å². The van der Waals surface area contributed by atoms with Gasteiger partial charge in [-0.25, -0.2) is 4.79 Å². The molecule has 1 saturated heterocycles. The number of Topliss-reactive ketones (excluding diaryl/α,β-unsaturated/α-hetero) is 1. The Balaban J connectivity index is 1.50. The molecule has 3 aliphatic rings. The van der Waals surface area contributed by atoms with Gasteiger partial charge >= 0.3 is 12.3 Å². The highest BCUT2D eigenvalue weighted by Gasteiger charge is 2.70. The van der Waals surface area contributed by atoms with Crippen LogP contribution in [0.4, 0.5) is 18.0 Å². The Labute approximate surface area is 319 Å². The predicted molar refractivity (Wildman–Crippen MR) is 193 cm³/mol. The van der Waals surface area contributed by atoms with Crippen LogP contribution in [0.2, 0.25) is 0 Å². The SMILES string of the molecule is CN(C)C(=O)[C@@H](NC(=O)CNC(=O)C(=O)C(CC(F)(F)F)NC(=O)C1[C@@H]2[C@H](CN1C(=O)[C@@H](NC(=O)OC(C)(C)C)C1CCCCC1)C2(C)C)c1ccccc1. The molecule has 2 saturated carbocycles. The molecule has 0 bridgehead atoms. The maximum absolute atomic E-state index is 14.3. The average molecular weight is 779 g/mol. The van der Waals surface area contributed by atoms with Crippen LogP contribution in [0.1, 0.15) is 84.7 Å². The number of nitrogens with one attached hydrogen (secondary N) is 4. The molecule has 1 aromatic rings. The lowest BCUT2D eigenvalue weighted by atomic mass is 9.83. The number of fused-ring (bicyclic) bond motifs is 1. The van der Waals surface area contributed by atoms with E-state index in [0.717, 1.165) is 19.3 Å². The number of piperidine rings is 1. The number of alkyl halides is 3. The van der Waals surface area contributed by atoms with Gasteiger partial charge in [-0.1, -0.05) is 63.4 Å². The minimum Gasteiger partial charge on any atom is -0.444 e. The van der Waals surface area contributed by atoms with E-state index < -0.39 is 102 Å². The van der Waals surface area contributed by atoms with Crippen LogP contribution in [0.5, 0.6) is 0 Å². The quantitative estimate of drug-likeness (QED) is 0.221. The van der Waals surface area contributed by atoms with Gasteiger partial charge in [-0.2, -0.15) is 13.2 Å². The summed E-state index contributed by atoms with van der Waals surface area (Å²) in [4.78, 5) is 95.5. The number of ketones is 1. The van der Waals surface area contributed by atoms with Crippen molar-refractivity contribution < 1.29 is 51.5 Å². The standard InChI is InChI=1S/C38H53F3N6O8/c1-36(2,3)55-35(54)45-28(22-16-12-9-13-17-22)34(53)47-20-23-26(37(23,4)5)29(47)31(50)43-24(18-38(39,40)41)30(49)32(51)42-19-25(48)44-27(33(52)46(6)7)21-14-10-8-11-15-21/h8,10-11,14-15,22-24,26-29H,9,12-13,16-20H2,1-7H3,(H,42,51)(H,43,50)(H,44,48)(H,45,54)/t23-,24?,26-,27-,28-,29?/m0/s1.